The summed E-state index contributed by atoms with van der Waals surface area (Å²) in [6.45, 7) is 5.42. The summed E-state index contributed by atoms with van der Waals surface area (Å²) in [5.74, 6) is 1.32. The second kappa shape index (κ2) is 9.71. The molecule has 6 nitrogen and oxygen atoms in total. The van der Waals surface area contributed by atoms with E-state index in [4.69, 9.17) is 9.47 Å². The summed E-state index contributed by atoms with van der Waals surface area (Å²) < 4.78 is 11.1. The molecule has 0 bridgehead atoms. The number of rotatable bonds is 8. The molecular weight excluding hydrogens is 342 g/mol. The molecule has 0 spiro atoms. The number of hydrogen-bond acceptors (Lipinski definition) is 4. The number of anilines is 2. The standard InChI is InChI=1S/C21H29N3O3/c1-6-26-18-12-13-20(27-7-2)19(14-18)22-21(25)24(5)15-16-8-10-17(11-9-16)23(3)4/h8-14H,6-7,15H2,1-5H3,(H,22,25). The molecule has 0 fully saturated rings. The molecule has 0 unspecified atom stereocenters. The van der Waals surface area contributed by atoms with Crippen molar-refractivity contribution < 1.29 is 14.3 Å². The molecule has 27 heavy (non-hydrogen) atoms. The van der Waals surface area contributed by atoms with Gasteiger partial charge in [-0.1, -0.05) is 12.1 Å². The number of ether oxygens (including phenoxy) is 2. The van der Waals surface area contributed by atoms with Crippen LogP contribution in [0.2, 0.25) is 0 Å². The van der Waals surface area contributed by atoms with Gasteiger partial charge in [0, 0.05) is 39.4 Å². The summed E-state index contributed by atoms with van der Waals surface area (Å²) in [5, 5.41) is 2.92. The van der Waals surface area contributed by atoms with Gasteiger partial charge in [0.2, 0.25) is 0 Å². The van der Waals surface area contributed by atoms with E-state index in [-0.39, 0.29) is 6.03 Å². The molecule has 6 heteroatoms. The number of carbonyl (C=O) groups excluding carboxylic acids is 1. The van der Waals surface area contributed by atoms with E-state index in [0.717, 1.165) is 11.3 Å². The molecule has 0 radical (unpaired) electrons. The first-order chi connectivity index (χ1) is 12.9. The fourth-order valence-corrected chi connectivity index (χ4v) is 2.60. The fraction of sp³-hybridized carbons (Fsp3) is 0.381. The number of urea groups is 1. The number of nitrogens with zero attached hydrogens (tertiary/aromatic N) is 2. The van der Waals surface area contributed by atoms with Crippen molar-refractivity contribution in [2.24, 2.45) is 0 Å². The second-order valence-electron chi connectivity index (χ2n) is 6.37. The molecule has 2 aromatic carbocycles. The lowest BCUT2D eigenvalue weighted by Gasteiger charge is -2.20. The third-order valence-corrected chi connectivity index (χ3v) is 4.02. The predicted octanol–water partition coefficient (Wildman–Crippen LogP) is 4.21. The van der Waals surface area contributed by atoms with E-state index in [2.05, 4.69) is 5.32 Å². The monoisotopic (exact) mass is 371 g/mol. The number of nitrogens with one attached hydrogen (secondary N) is 1. The highest BCUT2D eigenvalue weighted by Crippen LogP contribution is 2.29. The molecule has 0 aliphatic heterocycles. The molecule has 0 heterocycles. The topological polar surface area (TPSA) is 54.0 Å². The first-order valence-electron chi connectivity index (χ1n) is 9.12. The number of benzene rings is 2. The lowest BCUT2D eigenvalue weighted by molar-refractivity contribution is 0.220. The summed E-state index contributed by atoms with van der Waals surface area (Å²) in [7, 11) is 5.77. The SMILES string of the molecule is CCOc1ccc(OCC)c(NC(=O)N(C)Cc2ccc(N(C)C)cc2)c1. The van der Waals surface area contributed by atoms with Gasteiger partial charge in [0.25, 0.3) is 0 Å². The zero-order valence-electron chi connectivity index (χ0n) is 16.8. The smallest absolute Gasteiger partial charge is 0.321 e. The van der Waals surface area contributed by atoms with E-state index >= 15 is 0 Å². The van der Waals surface area contributed by atoms with Crippen LogP contribution in [0.1, 0.15) is 19.4 Å². The predicted molar refractivity (Wildman–Crippen MR) is 110 cm³/mol. The van der Waals surface area contributed by atoms with Crippen molar-refractivity contribution in [3.63, 3.8) is 0 Å². The lowest BCUT2D eigenvalue weighted by Crippen LogP contribution is -2.31. The maximum absolute atomic E-state index is 12.6. The van der Waals surface area contributed by atoms with Gasteiger partial charge in [-0.05, 0) is 43.7 Å². The zero-order valence-corrected chi connectivity index (χ0v) is 16.8. The van der Waals surface area contributed by atoms with Gasteiger partial charge in [0.15, 0.2) is 0 Å². The molecule has 0 atom stereocenters. The highest BCUT2D eigenvalue weighted by atomic mass is 16.5. The Bertz CT molecular complexity index is 745. The Labute approximate surface area is 161 Å². The number of hydrogen-bond donors (Lipinski definition) is 1. The van der Waals surface area contributed by atoms with Crippen molar-refractivity contribution in [2.45, 2.75) is 20.4 Å². The molecular formula is C21H29N3O3. The quantitative estimate of drug-likeness (QED) is 0.755. The van der Waals surface area contributed by atoms with Crippen molar-refractivity contribution in [2.75, 3.05) is 44.6 Å². The third-order valence-electron chi connectivity index (χ3n) is 4.02. The molecule has 0 aromatic heterocycles. The van der Waals surface area contributed by atoms with Crippen molar-refractivity contribution in [3.05, 3.63) is 48.0 Å². The molecule has 146 valence electrons. The molecule has 0 aliphatic carbocycles. The zero-order chi connectivity index (χ0) is 19.8. The maximum atomic E-state index is 12.6. The Hall–Kier alpha value is -2.89. The minimum absolute atomic E-state index is 0.207. The van der Waals surface area contributed by atoms with Crippen molar-refractivity contribution in [1.29, 1.82) is 0 Å². The average molecular weight is 371 g/mol. The molecule has 0 saturated carbocycles. The summed E-state index contributed by atoms with van der Waals surface area (Å²) in [4.78, 5) is 16.3. The van der Waals surface area contributed by atoms with E-state index in [9.17, 15) is 4.79 Å². The fourth-order valence-electron chi connectivity index (χ4n) is 2.60. The minimum atomic E-state index is -0.207. The molecule has 0 saturated heterocycles. The Morgan fingerprint density at radius 1 is 0.963 bits per heavy atom. The molecule has 0 aliphatic rings. The van der Waals surface area contributed by atoms with Crippen molar-refractivity contribution >= 4 is 17.4 Å². The highest BCUT2D eigenvalue weighted by Gasteiger charge is 2.14. The van der Waals surface area contributed by atoms with Gasteiger partial charge in [0.1, 0.15) is 11.5 Å². The van der Waals surface area contributed by atoms with Crippen LogP contribution >= 0.6 is 0 Å². The van der Waals surface area contributed by atoms with Crippen LogP contribution in [0.5, 0.6) is 11.5 Å². The first-order valence-corrected chi connectivity index (χ1v) is 9.12. The van der Waals surface area contributed by atoms with Crippen molar-refractivity contribution in [3.8, 4) is 11.5 Å². The number of amides is 2. The van der Waals surface area contributed by atoms with Crippen LogP contribution in [-0.2, 0) is 6.54 Å². The molecule has 2 amide bonds. The van der Waals surface area contributed by atoms with E-state index in [1.54, 1.807) is 18.0 Å². The Morgan fingerprint density at radius 2 is 1.63 bits per heavy atom. The maximum Gasteiger partial charge on any atom is 0.321 e. The van der Waals surface area contributed by atoms with Crippen LogP contribution in [0, 0.1) is 0 Å². The van der Waals surface area contributed by atoms with Crippen molar-refractivity contribution in [1.82, 2.24) is 4.90 Å². The van der Waals surface area contributed by atoms with E-state index in [1.807, 2.05) is 69.2 Å². The van der Waals surface area contributed by atoms with Gasteiger partial charge in [-0.2, -0.15) is 0 Å². The molecule has 1 N–H and O–H groups in total. The molecule has 2 aromatic rings. The Morgan fingerprint density at radius 3 is 2.22 bits per heavy atom. The van der Waals surface area contributed by atoms with E-state index < -0.39 is 0 Å². The second-order valence-corrected chi connectivity index (χ2v) is 6.37. The summed E-state index contributed by atoms with van der Waals surface area (Å²) >= 11 is 0. The van der Waals surface area contributed by atoms with Crippen LogP contribution in [0.4, 0.5) is 16.2 Å². The normalized spacial score (nSPS) is 10.3. The van der Waals surface area contributed by atoms with Crippen LogP contribution in [0.25, 0.3) is 0 Å². The summed E-state index contributed by atoms with van der Waals surface area (Å²) in [6, 6.07) is 13.4. The molecule has 2 rings (SSSR count). The average Bonchev–Trinajstić information content (AvgIpc) is 2.64. The summed E-state index contributed by atoms with van der Waals surface area (Å²) in [6.07, 6.45) is 0. The van der Waals surface area contributed by atoms with Gasteiger partial charge >= 0.3 is 6.03 Å². The Kier molecular flexibility index (Phi) is 7.34. The summed E-state index contributed by atoms with van der Waals surface area (Å²) in [5.41, 5.74) is 2.79. The van der Waals surface area contributed by atoms with Gasteiger partial charge in [-0.15, -0.1) is 0 Å². The van der Waals surface area contributed by atoms with Crippen LogP contribution in [0.3, 0.4) is 0 Å². The first kappa shape index (κ1) is 20.4. The van der Waals surface area contributed by atoms with Crippen LogP contribution < -0.4 is 19.7 Å². The van der Waals surface area contributed by atoms with Gasteiger partial charge in [-0.25, -0.2) is 4.79 Å². The highest BCUT2D eigenvalue weighted by molar-refractivity contribution is 5.91. The minimum Gasteiger partial charge on any atom is -0.494 e. The third kappa shape index (κ3) is 5.81. The van der Waals surface area contributed by atoms with Crippen LogP contribution in [0.15, 0.2) is 42.5 Å². The largest absolute Gasteiger partial charge is 0.494 e. The van der Waals surface area contributed by atoms with Gasteiger partial charge in [0.05, 0.1) is 18.9 Å². The Balaban J connectivity index is 2.07. The van der Waals surface area contributed by atoms with Gasteiger partial charge < -0.3 is 24.6 Å². The van der Waals surface area contributed by atoms with Gasteiger partial charge in [-0.3, -0.25) is 0 Å². The van der Waals surface area contributed by atoms with Crippen LogP contribution in [-0.4, -0.2) is 45.3 Å². The van der Waals surface area contributed by atoms with E-state index in [0.29, 0.717) is 36.9 Å². The number of carbonyl (C=O) groups is 1. The lowest BCUT2D eigenvalue weighted by atomic mass is 10.2. The van der Waals surface area contributed by atoms with E-state index in [1.165, 1.54) is 0 Å².